The maximum atomic E-state index is 12.6. The van der Waals surface area contributed by atoms with Crippen LogP contribution < -0.4 is 5.73 Å². The van der Waals surface area contributed by atoms with Gasteiger partial charge in [0.2, 0.25) is 5.91 Å². The van der Waals surface area contributed by atoms with Crippen molar-refractivity contribution in [2.45, 2.75) is 64.0 Å². The molecule has 2 aliphatic rings. The van der Waals surface area contributed by atoms with Crippen molar-refractivity contribution in [1.82, 2.24) is 4.90 Å². The quantitative estimate of drug-likeness (QED) is 0.796. The van der Waals surface area contributed by atoms with Gasteiger partial charge >= 0.3 is 0 Å². The van der Waals surface area contributed by atoms with Gasteiger partial charge in [0.1, 0.15) is 0 Å². The Kier molecular flexibility index (Phi) is 5.64. The first-order chi connectivity index (χ1) is 9.22. The summed E-state index contributed by atoms with van der Waals surface area (Å²) in [4.78, 5) is 14.6. The minimum atomic E-state index is 0.0612. The van der Waals surface area contributed by atoms with Crippen LogP contribution in [0.2, 0.25) is 0 Å². The van der Waals surface area contributed by atoms with Gasteiger partial charge in [-0.15, -0.1) is 0 Å². The molecule has 1 heterocycles. The largest absolute Gasteiger partial charge is 0.378 e. The molecule has 2 fully saturated rings. The number of amides is 1. The van der Waals surface area contributed by atoms with Gasteiger partial charge in [-0.25, -0.2) is 0 Å². The third-order valence-electron chi connectivity index (χ3n) is 4.54. The van der Waals surface area contributed by atoms with Crippen LogP contribution in [-0.2, 0) is 9.53 Å². The molecule has 2 N–H and O–H groups in total. The van der Waals surface area contributed by atoms with Crippen LogP contribution in [-0.4, -0.2) is 42.6 Å². The first-order valence-corrected chi connectivity index (χ1v) is 7.88. The van der Waals surface area contributed by atoms with Gasteiger partial charge in [-0.2, -0.15) is 0 Å². The zero-order chi connectivity index (χ0) is 13.7. The molecule has 0 aromatic heterocycles. The summed E-state index contributed by atoms with van der Waals surface area (Å²) in [6.07, 6.45) is 7.83. The standard InChI is InChI=1S/C15H28N2O2/c1-2-19-12-8-10-17(11-9-12)15(18)13-6-4-3-5-7-14(13)16/h12-14H,2-11,16H2,1H3. The average Bonchev–Trinajstić information content (AvgIpc) is 2.64. The Bertz CT molecular complexity index is 288. The van der Waals surface area contributed by atoms with E-state index in [4.69, 9.17) is 10.5 Å². The Balaban J connectivity index is 1.85. The van der Waals surface area contributed by atoms with E-state index in [0.29, 0.717) is 12.0 Å². The lowest BCUT2D eigenvalue weighted by Gasteiger charge is -2.35. The number of nitrogens with two attached hydrogens (primary N) is 1. The van der Waals surface area contributed by atoms with Gasteiger partial charge in [0.15, 0.2) is 0 Å². The zero-order valence-corrected chi connectivity index (χ0v) is 12.1. The van der Waals surface area contributed by atoms with Crippen LogP contribution in [0.4, 0.5) is 0 Å². The Hall–Kier alpha value is -0.610. The molecule has 2 unspecified atom stereocenters. The van der Waals surface area contributed by atoms with Crippen LogP contribution in [0.5, 0.6) is 0 Å². The van der Waals surface area contributed by atoms with Crippen LogP contribution >= 0.6 is 0 Å². The summed E-state index contributed by atoms with van der Waals surface area (Å²) in [6.45, 7) is 4.48. The topological polar surface area (TPSA) is 55.6 Å². The molecular formula is C15H28N2O2. The molecule has 2 atom stereocenters. The van der Waals surface area contributed by atoms with E-state index < -0.39 is 0 Å². The van der Waals surface area contributed by atoms with Gasteiger partial charge in [-0.05, 0) is 32.6 Å². The van der Waals surface area contributed by atoms with Crippen LogP contribution in [0.25, 0.3) is 0 Å². The van der Waals surface area contributed by atoms with E-state index in [1.807, 2.05) is 11.8 Å². The van der Waals surface area contributed by atoms with Crippen molar-refractivity contribution in [3.63, 3.8) is 0 Å². The number of hydrogen-bond acceptors (Lipinski definition) is 3. The Labute approximate surface area is 116 Å². The van der Waals surface area contributed by atoms with Crippen molar-refractivity contribution in [2.24, 2.45) is 11.7 Å². The molecule has 0 aromatic rings. The molecule has 0 aromatic carbocycles. The highest BCUT2D eigenvalue weighted by Gasteiger charge is 2.32. The molecule has 110 valence electrons. The van der Waals surface area contributed by atoms with Crippen LogP contribution in [0, 0.1) is 5.92 Å². The molecule has 0 spiro atoms. The average molecular weight is 268 g/mol. The molecule has 1 amide bonds. The molecule has 1 saturated carbocycles. The molecule has 0 radical (unpaired) electrons. The van der Waals surface area contributed by atoms with E-state index in [-0.39, 0.29) is 12.0 Å². The SMILES string of the molecule is CCOC1CCN(C(=O)C2CCCCCC2N)CC1. The monoisotopic (exact) mass is 268 g/mol. The minimum absolute atomic E-state index is 0.0612. The third-order valence-corrected chi connectivity index (χ3v) is 4.54. The number of carbonyl (C=O) groups excluding carboxylic acids is 1. The molecule has 1 aliphatic heterocycles. The lowest BCUT2D eigenvalue weighted by molar-refractivity contribution is -0.139. The van der Waals surface area contributed by atoms with Gasteiger partial charge in [0.25, 0.3) is 0 Å². The van der Waals surface area contributed by atoms with Crippen LogP contribution in [0.15, 0.2) is 0 Å². The highest BCUT2D eigenvalue weighted by molar-refractivity contribution is 5.79. The predicted molar refractivity (Wildman–Crippen MR) is 75.8 cm³/mol. The lowest BCUT2D eigenvalue weighted by Crippen LogP contribution is -2.47. The van der Waals surface area contributed by atoms with Gasteiger partial charge in [-0.1, -0.05) is 19.3 Å². The molecular weight excluding hydrogens is 240 g/mol. The van der Waals surface area contributed by atoms with Crippen molar-refractivity contribution in [2.75, 3.05) is 19.7 Å². The number of nitrogens with zero attached hydrogens (tertiary/aromatic N) is 1. The number of carbonyl (C=O) groups is 1. The number of ether oxygens (including phenoxy) is 1. The normalized spacial score (nSPS) is 30.1. The highest BCUT2D eigenvalue weighted by atomic mass is 16.5. The van der Waals surface area contributed by atoms with E-state index in [9.17, 15) is 4.79 Å². The summed E-state index contributed by atoms with van der Waals surface area (Å²) in [5, 5.41) is 0. The van der Waals surface area contributed by atoms with Crippen molar-refractivity contribution in [3.05, 3.63) is 0 Å². The van der Waals surface area contributed by atoms with E-state index in [1.54, 1.807) is 0 Å². The lowest BCUT2D eigenvalue weighted by atomic mass is 9.93. The van der Waals surface area contributed by atoms with Gasteiger partial charge in [0, 0.05) is 25.7 Å². The van der Waals surface area contributed by atoms with Gasteiger partial charge < -0.3 is 15.4 Å². The fraction of sp³-hybridized carbons (Fsp3) is 0.933. The van der Waals surface area contributed by atoms with Crippen molar-refractivity contribution < 1.29 is 9.53 Å². The fourth-order valence-corrected chi connectivity index (χ4v) is 3.36. The maximum absolute atomic E-state index is 12.6. The summed E-state index contributed by atoms with van der Waals surface area (Å²) in [7, 11) is 0. The summed E-state index contributed by atoms with van der Waals surface area (Å²) in [5.41, 5.74) is 6.19. The summed E-state index contributed by atoms with van der Waals surface area (Å²) < 4.78 is 5.63. The van der Waals surface area contributed by atoms with E-state index in [2.05, 4.69) is 0 Å². The summed E-state index contributed by atoms with van der Waals surface area (Å²) in [6, 6.07) is 0.0691. The molecule has 4 nitrogen and oxygen atoms in total. The van der Waals surface area contributed by atoms with Gasteiger partial charge in [-0.3, -0.25) is 4.79 Å². The van der Waals surface area contributed by atoms with Crippen molar-refractivity contribution in [3.8, 4) is 0 Å². The smallest absolute Gasteiger partial charge is 0.227 e. The van der Waals surface area contributed by atoms with Gasteiger partial charge in [0.05, 0.1) is 12.0 Å². The van der Waals surface area contributed by atoms with E-state index in [0.717, 1.165) is 51.8 Å². The Morgan fingerprint density at radius 3 is 2.53 bits per heavy atom. The molecule has 0 bridgehead atoms. The maximum Gasteiger partial charge on any atom is 0.227 e. The van der Waals surface area contributed by atoms with E-state index in [1.165, 1.54) is 12.8 Å². The molecule has 1 aliphatic carbocycles. The zero-order valence-electron chi connectivity index (χ0n) is 12.1. The Morgan fingerprint density at radius 2 is 1.84 bits per heavy atom. The second kappa shape index (κ2) is 7.25. The molecule has 19 heavy (non-hydrogen) atoms. The second-order valence-electron chi connectivity index (χ2n) is 5.89. The third kappa shape index (κ3) is 3.93. The molecule has 4 heteroatoms. The minimum Gasteiger partial charge on any atom is -0.378 e. The number of rotatable bonds is 3. The number of likely N-dealkylation sites (tertiary alicyclic amines) is 1. The first kappa shape index (κ1) is 14.8. The van der Waals surface area contributed by atoms with E-state index >= 15 is 0 Å². The number of hydrogen-bond donors (Lipinski definition) is 1. The highest BCUT2D eigenvalue weighted by Crippen LogP contribution is 2.25. The summed E-state index contributed by atoms with van der Waals surface area (Å²) in [5.74, 6) is 0.357. The molecule has 1 saturated heterocycles. The Morgan fingerprint density at radius 1 is 1.16 bits per heavy atom. The summed E-state index contributed by atoms with van der Waals surface area (Å²) >= 11 is 0. The first-order valence-electron chi connectivity index (χ1n) is 7.88. The van der Waals surface area contributed by atoms with Crippen LogP contribution in [0.1, 0.15) is 51.9 Å². The van der Waals surface area contributed by atoms with Crippen molar-refractivity contribution in [1.29, 1.82) is 0 Å². The predicted octanol–water partition coefficient (Wildman–Crippen LogP) is 1.92. The van der Waals surface area contributed by atoms with Crippen molar-refractivity contribution >= 4 is 5.91 Å². The van der Waals surface area contributed by atoms with Crippen LogP contribution in [0.3, 0.4) is 0 Å². The molecule has 2 rings (SSSR count). The number of piperidine rings is 1. The fourth-order valence-electron chi connectivity index (χ4n) is 3.36. The second-order valence-corrected chi connectivity index (χ2v) is 5.89.